The highest BCUT2D eigenvalue weighted by atomic mass is 32.1. The van der Waals surface area contributed by atoms with Crippen LogP contribution in [0.3, 0.4) is 0 Å². The van der Waals surface area contributed by atoms with Gasteiger partial charge in [0, 0.05) is 22.0 Å². The molecule has 0 bridgehead atoms. The Hall–Kier alpha value is -1.99. The van der Waals surface area contributed by atoms with Crippen molar-refractivity contribution in [3.05, 3.63) is 44.4 Å². The number of nitrogens with one attached hydrogen (secondary N) is 1. The number of nitrogens with zero attached hydrogens (tertiary/aromatic N) is 2. The summed E-state index contributed by atoms with van der Waals surface area (Å²) in [6.45, 7) is 3.86. The van der Waals surface area contributed by atoms with Gasteiger partial charge in [-0.2, -0.15) is 11.3 Å². The van der Waals surface area contributed by atoms with Crippen LogP contribution in [0.5, 0.6) is 0 Å². The summed E-state index contributed by atoms with van der Waals surface area (Å²) in [5.41, 5.74) is 2.35. The predicted molar refractivity (Wildman–Crippen MR) is 103 cm³/mol. The van der Waals surface area contributed by atoms with E-state index in [2.05, 4.69) is 20.7 Å². The summed E-state index contributed by atoms with van der Waals surface area (Å²) in [4.78, 5) is 22.0. The minimum Gasteiger partial charge on any atom is -0.441 e. The molecular formula is C19H21N3O2S2. The molecule has 136 valence electrons. The van der Waals surface area contributed by atoms with Crippen molar-refractivity contribution in [1.82, 2.24) is 15.3 Å². The molecule has 1 fully saturated rings. The van der Waals surface area contributed by atoms with Gasteiger partial charge in [0.15, 0.2) is 0 Å². The molecule has 0 spiro atoms. The molecule has 0 aliphatic heterocycles. The lowest BCUT2D eigenvalue weighted by Gasteiger charge is -2.28. The van der Waals surface area contributed by atoms with E-state index in [1.54, 1.807) is 22.7 Å². The fourth-order valence-corrected chi connectivity index (χ4v) is 5.15. The second kappa shape index (κ2) is 6.96. The highest BCUT2D eigenvalue weighted by Gasteiger charge is 2.39. The van der Waals surface area contributed by atoms with E-state index in [9.17, 15) is 4.79 Å². The summed E-state index contributed by atoms with van der Waals surface area (Å²) in [6, 6.07) is 1.97. The molecular weight excluding hydrogens is 366 g/mol. The quantitative estimate of drug-likeness (QED) is 0.694. The highest BCUT2D eigenvalue weighted by molar-refractivity contribution is 7.09. The van der Waals surface area contributed by atoms with Crippen LogP contribution in [-0.4, -0.2) is 15.9 Å². The summed E-state index contributed by atoms with van der Waals surface area (Å²) < 4.78 is 5.75. The topological polar surface area (TPSA) is 68.0 Å². The van der Waals surface area contributed by atoms with Gasteiger partial charge < -0.3 is 9.73 Å². The first kappa shape index (κ1) is 17.4. The Kier molecular flexibility index (Phi) is 4.67. The lowest BCUT2D eigenvalue weighted by molar-refractivity contribution is -0.122. The Morgan fingerprint density at radius 3 is 2.73 bits per heavy atom. The third-order valence-corrected chi connectivity index (χ3v) is 6.70. The molecule has 0 aromatic carbocycles. The van der Waals surface area contributed by atoms with Crippen LogP contribution < -0.4 is 5.32 Å². The predicted octanol–water partition coefficient (Wildman–Crippen LogP) is 4.60. The molecule has 3 heterocycles. The van der Waals surface area contributed by atoms with Gasteiger partial charge in [-0.05, 0) is 38.1 Å². The molecule has 1 aliphatic carbocycles. The van der Waals surface area contributed by atoms with Crippen LogP contribution in [0.4, 0.5) is 0 Å². The van der Waals surface area contributed by atoms with Gasteiger partial charge in [-0.25, -0.2) is 9.97 Å². The smallest absolute Gasteiger partial charge is 0.227 e. The van der Waals surface area contributed by atoms with Crippen molar-refractivity contribution in [2.45, 2.75) is 51.5 Å². The molecule has 0 radical (unpaired) electrons. The van der Waals surface area contributed by atoms with Crippen molar-refractivity contribution in [1.29, 1.82) is 0 Å². The van der Waals surface area contributed by atoms with Crippen molar-refractivity contribution < 1.29 is 9.21 Å². The minimum atomic E-state index is -0.316. The van der Waals surface area contributed by atoms with E-state index in [0.717, 1.165) is 41.9 Å². The maximum absolute atomic E-state index is 12.8. The zero-order chi connectivity index (χ0) is 18.1. The monoisotopic (exact) mass is 387 g/mol. The van der Waals surface area contributed by atoms with Crippen molar-refractivity contribution in [3.8, 4) is 11.5 Å². The van der Waals surface area contributed by atoms with Gasteiger partial charge in [-0.15, -0.1) is 11.3 Å². The van der Waals surface area contributed by atoms with E-state index in [1.807, 2.05) is 30.7 Å². The molecule has 7 heteroatoms. The van der Waals surface area contributed by atoms with Crippen LogP contribution in [0.2, 0.25) is 0 Å². The van der Waals surface area contributed by atoms with Gasteiger partial charge in [-0.1, -0.05) is 12.8 Å². The Labute approximate surface area is 160 Å². The van der Waals surface area contributed by atoms with Gasteiger partial charge in [0.2, 0.25) is 11.8 Å². The van der Waals surface area contributed by atoms with Crippen molar-refractivity contribution in [2.75, 3.05) is 0 Å². The summed E-state index contributed by atoms with van der Waals surface area (Å²) >= 11 is 3.24. The van der Waals surface area contributed by atoms with E-state index < -0.39 is 0 Å². The van der Waals surface area contributed by atoms with Crippen molar-refractivity contribution >= 4 is 28.6 Å². The lowest BCUT2D eigenvalue weighted by Crippen LogP contribution is -2.44. The van der Waals surface area contributed by atoms with Gasteiger partial charge in [-0.3, -0.25) is 4.79 Å². The molecule has 5 nitrogen and oxygen atoms in total. The number of hydrogen-bond acceptors (Lipinski definition) is 6. The maximum Gasteiger partial charge on any atom is 0.227 e. The zero-order valence-electron chi connectivity index (χ0n) is 14.9. The molecule has 0 saturated heterocycles. The summed E-state index contributed by atoms with van der Waals surface area (Å²) in [7, 11) is 0. The van der Waals surface area contributed by atoms with Crippen LogP contribution in [-0.2, 0) is 16.8 Å². The first-order valence-corrected chi connectivity index (χ1v) is 10.6. The van der Waals surface area contributed by atoms with E-state index in [-0.39, 0.29) is 17.9 Å². The number of aryl methyl sites for hydroxylation is 2. The molecule has 1 aliphatic rings. The standard InChI is InChI=1S/C19H21N3O2S2/c1-12-10-26-18(20-12)19(6-3-4-7-19)22-16(23)9-15-13(2)24-17(21-15)14-5-8-25-11-14/h5,8,10-11H,3-4,6-7,9H2,1-2H3,(H,22,23). The molecule has 26 heavy (non-hydrogen) atoms. The van der Waals surface area contributed by atoms with Crippen LogP contribution in [0.15, 0.2) is 26.6 Å². The van der Waals surface area contributed by atoms with Gasteiger partial charge in [0.25, 0.3) is 0 Å². The third-order valence-electron chi connectivity index (χ3n) is 4.85. The average molecular weight is 388 g/mol. The molecule has 0 atom stereocenters. The SMILES string of the molecule is Cc1csc(C2(NC(=O)Cc3nc(-c4ccsc4)oc3C)CCCC2)n1. The molecule has 3 aromatic rings. The normalized spacial score (nSPS) is 16.1. The zero-order valence-corrected chi connectivity index (χ0v) is 16.5. The molecule has 1 N–H and O–H groups in total. The number of rotatable bonds is 5. The highest BCUT2D eigenvalue weighted by Crippen LogP contribution is 2.40. The fourth-order valence-electron chi connectivity index (χ4n) is 3.51. The Bertz CT molecular complexity index is 905. The maximum atomic E-state index is 12.8. The summed E-state index contributed by atoms with van der Waals surface area (Å²) in [5.74, 6) is 1.26. The van der Waals surface area contributed by atoms with E-state index in [1.165, 1.54) is 0 Å². The van der Waals surface area contributed by atoms with E-state index >= 15 is 0 Å². The largest absolute Gasteiger partial charge is 0.441 e. The number of aromatic nitrogens is 2. The first-order chi connectivity index (χ1) is 12.6. The van der Waals surface area contributed by atoms with Crippen LogP contribution >= 0.6 is 22.7 Å². The van der Waals surface area contributed by atoms with Crippen LogP contribution in [0.25, 0.3) is 11.5 Å². The van der Waals surface area contributed by atoms with Crippen LogP contribution in [0.1, 0.15) is 47.8 Å². The Morgan fingerprint density at radius 1 is 1.27 bits per heavy atom. The van der Waals surface area contributed by atoms with Crippen LogP contribution in [0, 0.1) is 13.8 Å². The van der Waals surface area contributed by atoms with Gasteiger partial charge in [0.1, 0.15) is 10.8 Å². The number of thiazole rings is 1. The second-order valence-electron chi connectivity index (χ2n) is 6.84. The van der Waals surface area contributed by atoms with E-state index in [4.69, 9.17) is 4.42 Å². The fraction of sp³-hybridized carbons (Fsp3) is 0.421. The number of carbonyl (C=O) groups is 1. The first-order valence-electron chi connectivity index (χ1n) is 8.78. The lowest BCUT2D eigenvalue weighted by atomic mass is 9.98. The Balaban J connectivity index is 1.51. The Morgan fingerprint density at radius 2 is 2.08 bits per heavy atom. The van der Waals surface area contributed by atoms with Crippen molar-refractivity contribution in [3.63, 3.8) is 0 Å². The molecule has 4 rings (SSSR count). The number of thiophene rings is 1. The van der Waals surface area contributed by atoms with Gasteiger partial charge >= 0.3 is 0 Å². The molecule has 1 saturated carbocycles. The van der Waals surface area contributed by atoms with Gasteiger partial charge in [0.05, 0.1) is 17.7 Å². The summed E-state index contributed by atoms with van der Waals surface area (Å²) in [6.07, 6.45) is 4.35. The number of carbonyl (C=O) groups excluding carboxylic acids is 1. The molecule has 1 amide bonds. The van der Waals surface area contributed by atoms with Crippen molar-refractivity contribution in [2.24, 2.45) is 0 Å². The molecule has 3 aromatic heterocycles. The number of oxazole rings is 1. The second-order valence-corrected chi connectivity index (χ2v) is 8.48. The van der Waals surface area contributed by atoms with E-state index in [0.29, 0.717) is 17.3 Å². The average Bonchev–Trinajstić information content (AvgIpc) is 3.36. The third kappa shape index (κ3) is 3.33. The minimum absolute atomic E-state index is 0.0204. The molecule has 0 unspecified atom stereocenters. The number of hydrogen-bond donors (Lipinski definition) is 1. The summed E-state index contributed by atoms with van der Waals surface area (Å²) in [5, 5.41) is 10.3. The number of amides is 1.